The molecular formula is C22H15Br2ClF2IN2O2-. The van der Waals surface area contributed by atoms with E-state index >= 15 is 0 Å². The van der Waals surface area contributed by atoms with Crippen LogP contribution in [0.15, 0.2) is 42.5 Å². The molecule has 0 bridgehead atoms. The van der Waals surface area contributed by atoms with E-state index in [4.69, 9.17) is 21.7 Å². The Kier molecular flexibility index (Phi) is 6.82. The van der Waals surface area contributed by atoms with Crippen LogP contribution in [0.2, 0.25) is 5.02 Å². The molecule has 2 aromatic carbocycles. The predicted molar refractivity (Wildman–Crippen MR) is 120 cm³/mol. The van der Waals surface area contributed by atoms with Gasteiger partial charge in [-0.3, -0.25) is 0 Å². The molecule has 3 aromatic rings. The maximum absolute atomic E-state index is 13.9. The molecule has 1 aromatic heterocycles. The Bertz CT molecular complexity index is 1310. The summed E-state index contributed by atoms with van der Waals surface area (Å²) in [6.45, 7) is 2.06. The van der Waals surface area contributed by atoms with Gasteiger partial charge in [0.15, 0.2) is 0 Å². The number of nitrogens with one attached hydrogen (secondary N) is 1. The Morgan fingerprint density at radius 3 is 2.66 bits per heavy atom. The number of pyridine rings is 1. The van der Waals surface area contributed by atoms with Gasteiger partial charge in [0.25, 0.3) is 0 Å². The van der Waals surface area contributed by atoms with Crippen LogP contribution in [0.5, 0.6) is 5.75 Å². The van der Waals surface area contributed by atoms with Gasteiger partial charge >= 0.3 is 178 Å². The number of carbonyl (C=O) groups excluding carboxylic acids is 1. The zero-order valence-electron chi connectivity index (χ0n) is 16.5. The Hall–Kier alpha value is -1.30. The van der Waals surface area contributed by atoms with Gasteiger partial charge in [-0.25, -0.2) is 8.78 Å². The van der Waals surface area contributed by atoms with Gasteiger partial charge in [-0.05, 0) is 12.1 Å². The van der Waals surface area contributed by atoms with E-state index in [-0.39, 0.29) is 32.2 Å². The monoisotopic (exact) mass is 697 g/mol. The number of benzene rings is 2. The third-order valence-electron chi connectivity index (χ3n) is 5.00. The van der Waals surface area contributed by atoms with Crippen molar-refractivity contribution in [3.8, 4) is 5.75 Å². The molecule has 168 valence electrons. The molecular weight excluding hydrogens is 684 g/mol. The van der Waals surface area contributed by atoms with Crippen LogP contribution >= 0.6 is 43.5 Å². The summed E-state index contributed by atoms with van der Waals surface area (Å²) < 4.78 is 34.7. The summed E-state index contributed by atoms with van der Waals surface area (Å²) in [6.07, 6.45) is 0. The second-order valence-corrected chi connectivity index (χ2v) is 13.7. The number of nitrogens with zero attached hydrogens (tertiary/aromatic N) is 1. The average Bonchev–Trinajstić information content (AvgIpc) is 2.96. The molecule has 0 saturated carbocycles. The third-order valence-corrected chi connectivity index (χ3v) is 11.2. The molecule has 0 saturated heterocycles. The third kappa shape index (κ3) is 4.53. The van der Waals surface area contributed by atoms with Crippen LogP contribution in [0.3, 0.4) is 0 Å². The van der Waals surface area contributed by atoms with Crippen molar-refractivity contribution < 1.29 is 39.5 Å². The number of hydrogen-bond acceptors (Lipinski definition) is 3. The topological polar surface area (TPSA) is 55.1 Å². The normalized spacial score (nSPS) is 14.8. The molecule has 1 aliphatic heterocycles. The van der Waals surface area contributed by atoms with Crippen molar-refractivity contribution in [3.05, 3.63) is 90.6 Å². The summed E-state index contributed by atoms with van der Waals surface area (Å²) in [5, 5.41) is 8.60. The van der Waals surface area contributed by atoms with Gasteiger partial charge in [0.2, 0.25) is 0 Å². The van der Waals surface area contributed by atoms with E-state index in [1.807, 2.05) is 25.1 Å². The molecule has 32 heavy (non-hydrogen) atoms. The zero-order valence-corrected chi connectivity index (χ0v) is 22.6. The van der Waals surface area contributed by atoms with E-state index in [2.05, 4.69) is 31.9 Å². The molecule has 0 atom stereocenters. The van der Waals surface area contributed by atoms with Gasteiger partial charge in [0, 0.05) is 6.07 Å². The summed E-state index contributed by atoms with van der Waals surface area (Å²) in [7, 11) is 0. The standard InChI is InChI=1S/C22H15Br2ClF2IN2O2/c1-11-6-18(32-10-13-3-4-14(26)8-16(13)27)19(25)20(29)30(11)9-12-2-5-17-15(7-12)22(23,24)21(31)28-17/h2-8,29H,9-10H2,1H3/q-1. The molecule has 4 rings (SSSR count). The molecule has 0 spiro atoms. The number of carbonyl (C=O) groups is 1. The predicted octanol–water partition coefficient (Wildman–Crippen LogP) is 2.58. The van der Waals surface area contributed by atoms with Crippen molar-refractivity contribution >= 4 is 47.3 Å². The van der Waals surface area contributed by atoms with E-state index in [1.165, 1.54) is 6.07 Å². The van der Waals surface area contributed by atoms with Crippen molar-refractivity contribution in [2.75, 3.05) is 0 Å². The summed E-state index contributed by atoms with van der Waals surface area (Å²) in [4.78, 5) is 12.3. The number of fused-ring (bicyclic) bond motifs is 1. The fraction of sp³-hybridized carbons (Fsp3) is 0.182. The van der Waals surface area contributed by atoms with Crippen LogP contribution in [0.1, 0.15) is 22.4 Å². The molecule has 0 fully saturated rings. The van der Waals surface area contributed by atoms with Gasteiger partial charge in [0.1, 0.15) is 11.6 Å². The van der Waals surface area contributed by atoms with Crippen LogP contribution in [0, 0.1) is 27.5 Å². The van der Waals surface area contributed by atoms with Crippen LogP contribution in [-0.4, -0.2) is 8.36 Å². The molecule has 10 heteroatoms. The van der Waals surface area contributed by atoms with Crippen LogP contribution in [0.4, 0.5) is 8.78 Å². The fourth-order valence-electron chi connectivity index (χ4n) is 3.28. The fourth-order valence-corrected chi connectivity index (χ4v) is 8.26. The molecule has 4 nitrogen and oxygen atoms in total. The van der Waals surface area contributed by atoms with Gasteiger partial charge < -0.3 is 0 Å². The van der Waals surface area contributed by atoms with Gasteiger partial charge in [-0.15, -0.1) is 0 Å². The molecule has 0 amide bonds. The van der Waals surface area contributed by atoms with Crippen molar-refractivity contribution in [3.63, 3.8) is 0 Å². The number of alkyl halides is 2. The van der Waals surface area contributed by atoms with Gasteiger partial charge in [-0.1, -0.05) is 0 Å². The Morgan fingerprint density at radius 1 is 1.19 bits per heavy atom. The SMILES string of the molecule is Cc1cc(OCc2ccc(F)cc2F)c(Cl)c(=N)n1Cc1ccc2c(c1)C(Br)(Br)C(=O)[I-]2. The number of rotatable bonds is 5. The molecule has 1 N–H and O–H groups in total. The maximum atomic E-state index is 13.9. The Labute approximate surface area is 215 Å². The minimum atomic E-state index is -0.840. The number of aromatic nitrogens is 1. The molecule has 1 aliphatic rings. The number of halogens is 6. The number of ether oxygens (including phenoxy) is 1. The van der Waals surface area contributed by atoms with E-state index in [0.717, 1.165) is 32.5 Å². The summed E-state index contributed by atoms with van der Waals surface area (Å²) >= 11 is 12.6. The molecule has 0 unspecified atom stereocenters. The number of aryl methyl sites for hydroxylation is 1. The first-order valence-corrected chi connectivity index (χ1v) is 13.4. The van der Waals surface area contributed by atoms with Crippen molar-refractivity contribution in [1.82, 2.24) is 4.57 Å². The van der Waals surface area contributed by atoms with E-state index in [0.29, 0.717) is 6.54 Å². The summed E-state index contributed by atoms with van der Waals surface area (Å²) in [5.41, 5.74) is 2.79. The van der Waals surface area contributed by atoms with E-state index in [1.54, 1.807) is 10.6 Å². The van der Waals surface area contributed by atoms with Crippen LogP contribution < -0.4 is 31.4 Å². The van der Waals surface area contributed by atoms with Gasteiger partial charge in [0.05, 0.1) is 0 Å². The second-order valence-electron chi connectivity index (χ2n) is 7.18. The van der Waals surface area contributed by atoms with Crippen molar-refractivity contribution in [1.29, 1.82) is 5.41 Å². The second kappa shape index (κ2) is 9.15. The molecule has 2 heterocycles. The average molecular weight is 700 g/mol. The van der Waals surface area contributed by atoms with Crippen LogP contribution in [0.25, 0.3) is 0 Å². The summed E-state index contributed by atoms with van der Waals surface area (Å²) in [5.74, 6) is -1.12. The van der Waals surface area contributed by atoms with E-state index in [9.17, 15) is 13.6 Å². The van der Waals surface area contributed by atoms with Crippen molar-refractivity contribution in [2.24, 2.45) is 0 Å². The minimum absolute atomic E-state index is 0.0502. The first-order chi connectivity index (χ1) is 15.1. The zero-order chi connectivity index (χ0) is 23.2. The quantitative estimate of drug-likeness (QED) is 0.253. The van der Waals surface area contributed by atoms with Crippen molar-refractivity contribution in [2.45, 2.75) is 23.3 Å². The Balaban J connectivity index is 1.59. The molecule has 0 radical (unpaired) electrons. The molecule has 0 aliphatic carbocycles. The Morgan fingerprint density at radius 2 is 1.94 bits per heavy atom. The number of hydrogen-bond donors (Lipinski definition) is 1. The first kappa shape index (κ1) is 23.8. The van der Waals surface area contributed by atoms with E-state index < -0.39 is 36.1 Å². The first-order valence-electron chi connectivity index (χ1n) is 9.29. The summed E-state index contributed by atoms with van der Waals surface area (Å²) in [6, 6.07) is 10.8. The van der Waals surface area contributed by atoms with Crippen LogP contribution in [-0.2, 0) is 21.2 Å². The van der Waals surface area contributed by atoms with Gasteiger partial charge in [-0.2, -0.15) is 0 Å².